The Labute approximate surface area is 45.9 Å². The van der Waals surface area contributed by atoms with Crippen LogP contribution in [0.3, 0.4) is 0 Å². The molecule has 0 spiro atoms. The molecule has 0 aromatic heterocycles. The van der Waals surface area contributed by atoms with Crippen LogP contribution in [0.1, 0.15) is 26.7 Å². The molecule has 7 heavy (non-hydrogen) atoms. The molecule has 1 unspecified atom stereocenters. The molecule has 1 aliphatic carbocycles. The normalized spacial score (nSPS) is 42.0. The minimum absolute atomic E-state index is 0.898. The van der Waals surface area contributed by atoms with Crippen LogP contribution in [0.25, 0.3) is 0 Å². The third-order valence-corrected chi connectivity index (χ3v) is 1.73. The van der Waals surface area contributed by atoms with Crippen molar-refractivity contribution < 1.29 is 0 Å². The van der Waals surface area contributed by atoms with Gasteiger partial charge in [-0.25, -0.2) is 0 Å². The van der Waals surface area contributed by atoms with E-state index in [0.717, 1.165) is 11.8 Å². The fourth-order valence-electron chi connectivity index (χ4n) is 1.28. The second-order valence-corrected chi connectivity index (χ2v) is 2.72. The van der Waals surface area contributed by atoms with E-state index in [0.29, 0.717) is 0 Å². The molecule has 0 N–H and O–H groups in total. The van der Waals surface area contributed by atoms with E-state index >= 15 is 0 Å². The number of rotatable bonds is 0. The molecular formula is C7H13. The van der Waals surface area contributed by atoms with Gasteiger partial charge in [0, 0.05) is 0 Å². The Hall–Kier alpha value is 0. The molecule has 0 amide bonds. The lowest BCUT2D eigenvalue weighted by atomic mass is 10.1. The first-order valence-electron chi connectivity index (χ1n) is 3.14. The summed E-state index contributed by atoms with van der Waals surface area (Å²) in [4.78, 5) is 0. The number of hydrogen-bond acceptors (Lipinski definition) is 0. The maximum atomic E-state index is 2.44. The topological polar surface area (TPSA) is 0 Å². The first-order chi connectivity index (χ1) is 3.29. The van der Waals surface area contributed by atoms with Crippen molar-refractivity contribution >= 4 is 0 Å². The van der Waals surface area contributed by atoms with Crippen LogP contribution in [0.4, 0.5) is 0 Å². The van der Waals surface area contributed by atoms with Crippen LogP contribution in [0.2, 0.25) is 0 Å². The van der Waals surface area contributed by atoms with Crippen molar-refractivity contribution in [2.45, 2.75) is 26.7 Å². The van der Waals surface area contributed by atoms with Crippen LogP contribution >= 0.6 is 0 Å². The van der Waals surface area contributed by atoms with Crippen molar-refractivity contribution in [1.29, 1.82) is 0 Å². The lowest BCUT2D eigenvalue weighted by Crippen LogP contribution is -1.86. The number of hydrogen-bond donors (Lipinski definition) is 0. The van der Waals surface area contributed by atoms with Gasteiger partial charge < -0.3 is 0 Å². The van der Waals surface area contributed by atoms with Gasteiger partial charge in [0.2, 0.25) is 0 Å². The zero-order valence-electron chi connectivity index (χ0n) is 5.15. The fourth-order valence-corrected chi connectivity index (χ4v) is 1.28. The second kappa shape index (κ2) is 1.85. The molecule has 0 heterocycles. The maximum Gasteiger partial charge on any atom is -0.0329 e. The molecule has 1 radical (unpaired) electrons. The van der Waals surface area contributed by atoms with Crippen LogP contribution in [0, 0.1) is 18.3 Å². The molecule has 0 nitrogen and oxygen atoms in total. The summed E-state index contributed by atoms with van der Waals surface area (Å²) in [6, 6.07) is 0. The zero-order chi connectivity index (χ0) is 5.28. The van der Waals surface area contributed by atoms with Gasteiger partial charge in [0.05, 0.1) is 0 Å². The van der Waals surface area contributed by atoms with Crippen molar-refractivity contribution in [3.05, 3.63) is 6.42 Å². The molecule has 0 aromatic rings. The van der Waals surface area contributed by atoms with E-state index in [4.69, 9.17) is 0 Å². The Balaban J connectivity index is 2.26. The Kier molecular flexibility index (Phi) is 1.36. The minimum atomic E-state index is 0.898. The second-order valence-electron chi connectivity index (χ2n) is 2.72. The molecule has 0 heteroatoms. The van der Waals surface area contributed by atoms with E-state index in [1.54, 1.807) is 0 Å². The SMILES string of the molecule is CC1[CH][C@@H](C)CC1. The highest BCUT2D eigenvalue weighted by atomic mass is 14.2. The first kappa shape index (κ1) is 5.14. The molecule has 0 saturated heterocycles. The summed E-state index contributed by atoms with van der Waals surface area (Å²) in [6.07, 6.45) is 5.28. The molecule has 1 saturated carbocycles. The van der Waals surface area contributed by atoms with Gasteiger partial charge in [-0.2, -0.15) is 0 Å². The molecule has 41 valence electrons. The van der Waals surface area contributed by atoms with Gasteiger partial charge in [-0.15, -0.1) is 0 Å². The first-order valence-corrected chi connectivity index (χ1v) is 3.14. The highest BCUT2D eigenvalue weighted by Gasteiger charge is 2.16. The largest absolute Gasteiger partial charge is 0.0622 e. The van der Waals surface area contributed by atoms with E-state index < -0.39 is 0 Å². The summed E-state index contributed by atoms with van der Waals surface area (Å²) >= 11 is 0. The van der Waals surface area contributed by atoms with Gasteiger partial charge in [0.25, 0.3) is 0 Å². The Morgan fingerprint density at radius 1 is 1.14 bits per heavy atom. The van der Waals surface area contributed by atoms with Crippen molar-refractivity contribution in [2.24, 2.45) is 11.8 Å². The van der Waals surface area contributed by atoms with Crippen LogP contribution < -0.4 is 0 Å². The third kappa shape index (κ3) is 1.19. The van der Waals surface area contributed by atoms with Crippen LogP contribution in [0.5, 0.6) is 0 Å². The molecule has 1 aliphatic rings. The molecule has 0 aliphatic heterocycles. The molecule has 2 atom stereocenters. The molecule has 0 aromatic carbocycles. The maximum absolute atomic E-state index is 2.44. The van der Waals surface area contributed by atoms with Crippen LogP contribution in [-0.4, -0.2) is 0 Å². The predicted octanol–water partition coefficient (Wildman–Crippen LogP) is 2.26. The van der Waals surface area contributed by atoms with E-state index in [1.165, 1.54) is 12.8 Å². The van der Waals surface area contributed by atoms with Gasteiger partial charge in [-0.05, 0) is 18.3 Å². The Morgan fingerprint density at radius 3 is 1.71 bits per heavy atom. The molecule has 1 fully saturated rings. The van der Waals surface area contributed by atoms with Gasteiger partial charge in [-0.1, -0.05) is 26.7 Å². The average Bonchev–Trinajstić information content (AvgIpc) is 1.87. The van der Waals surface area contributed by atoms with Crippen molar-refractivity contribution in [3.63, 3.8) is 0 Å². The van der Waals surface area contributed by atoms with E-state index in [1.807, 2.05) is 0 Å². The van der Waals surface area contributed by atoms with Crippen molar-refractivity contribution in [3.8, 4) is 0 Å². The van der Waals surface area contributed by atoms with Gasteiger partial charge in [-0.3, -0.25) is 0 Å². The summed E-state index contributed by atoms with van der Waals surface area (Å²) in [5.41, 5.74) is 0. The van der Waals surface area contributed by atoms with Gasteiger partial charge >= 0.3 is 0 Å². The molecule has 0 bridgehead atoms. The van der Waals surface area contributed by atoms with Crippen LogP contribution in [-0.2, 0) is 0 Å². The monoisotopic (exact) mass is 97.1 g/mol. The summed E-state index contributed by atoms with van der Waals surface area (Å²) in [6.45, 7) is 4.59. The summed E-state index contributed by atoms with van der Waals surface area (Å²) < 4.78 is 0. The summed E-state index contributed by atoms with van der Waals surface area (Å²) in [5.74, 6) is 1.80. The highest BCUT2D eigenvalue weighted by molar-refractivity contribution is 4.85. The lowest BCUT2D eigenvalue weighted by Gasteiger charge is -1.95. The standard InChI is InChI=1S/C7H13/c1-6-3-4-7(2)5-6/h5-7H,3-4H2,1-2H3/t6-,7?/m0/s1. The Bertz CT molecular complexity index is 49.1. The lowest BCUT2D eigenvalue weighted by molar-refractivity contribution is 0.677. The van der Waals surface area contributed by atoms with Crippen molar-refractivity contribution in [2.75, 3.05) is 0 Å². The quantitative estimate of drug-likeness (QED) is 0.435. The smallest absolute Gasteiger partial charge is 0.0329 e. The predicted molar refractivity (Wildman–Crippen MR) is 31.9 cm³/mol. The van der Waals surface area contributed by atoms with E-state index in [2.05, 4.69) is 20.3 Å². The van der Waals surface area contributed by atoms with Gasteiger partial charge in [0.15, 0.2) is 0 Å². The summed E-state index contributed by atoms with van der Waals surface area (Å²) in [5, 5.41) is 0. The zero-order valence-corrected chi connectivity index (χ0v) is 5.15. The van der Waals surface area contributed by atoms with Crippen LogP contribution in [0.15, 0.2) is 0 Å². The Morgan fingerprint density at radius 2 is 1.57 bits per heavy atom. The average molecular weight is 97.2 g/mol. The van der Waals surface area contributed by atoms with Gasteiger partial charge in [0.1, 0.15) is 0 Å². The molecule has 1 rings (SSSR count). The fraction of sp³-hybridized carbons (Fsp3) is 0.857. The van der Waals surface area contributed by atoms with E-state index in [-0.39, 0.29) is 0 Å². The van der Waals surface area contributed by atoms with E-state index in [9.17, 15) is 0 Å². The van der Waals surface area contributed by atoms with Crippen molar-refractivity contribution in [1.82, 2.24) is 0 Å². The minimum Gasteiger partial charge on any atom is -0.0622 e. The molecular weight excluding hydrogens is 84.1 g/mol. The highest BCUT2D eigenvalue weighted by Crippen LogP contribution is 2.27. The third-order valence-electron chi connectivity index (χ3n) is 1.73. The summed E-state index contributed by atoms with van der Waals surface area (Å²) in [7, 11) is 0.